The molecule has 112 valence electrons. The highest BCUT2D eigenvalue weighted by atomic mass is 32.1. The summed E-state index contributed by atoms with van der Waals surface area (Å²) in [5, 5.41) is 1.84. The zero-order valence-electron chi connectivity index (χ0n) is 11.9. The molecular formula is C16H12FNO3S. The predicted molar refractivity (Wildman–Crippen MR) is 83.0 cm³/mol. The number of ether oxygens (including phenoxy) is 1. The fourth-order valence-corrected chi connectivity index (χ4v) is 3.29. The van der Waals surface area contributed by atoms with Gasteiger partial charge in [-0.25, -0.2) is 9.18 Å². The summed E-state index contributed by atoms with van der Waals surface area (Å²) in [5.41, 5.74) is 1.34. The summed E-state index contributed by atoms with van der Waals surface area (Å²) in [6, 6.07) is 7.10. The van der Waals surface area contributed by atoms with Gasteiger partial charge in [0, 0.05) is 11.1 Å². The van der Waals surface area contributed by atoms with Gasteiger partial charge in [0.15, 0.2) is 0 Å². The number of hydrogen-bond acceptors (Lipinski definition) is 4. The predicted octanol–water partition coefficient (Wildman–Crippen LogP) is 3.26. The van der Waals surface area contributed by atoms with Crippen molar-refractivity contribution in [3.8, 4) is 11.1 Å². The summed E-state index contributed by atoms with van der Waals surface area (Å²) in [4.78, 5) is 25.5. The number of aromatic nitrogens is 1. The fourth-order valence-electron chi connectivity index (χ4n) is 2.37. The Bertz CT molecular complexity index is 925. The molecule has 0 atom stereocenters. The molecule has 0 spiro atoms. The second-order valence-corrected chi connectivity index (χ2v) is 5.68. The molecule has 0 saturated heterocycles. The van der Waals surface area contributed by atoms with Crippen LogP contribution in [0.1, 0.15) is 16.1 Å². The van der Waals surface area contributed by atoms with E-state index in [0.29, 0.717) is 10.4 Å². The first-order valence-corrected chi connectivity index (χ1v) is 7.39. The minimum absolute atomic E-state index is 0.181. The van der Waals surface area contributed by atoms with Crippen LogP contribution in [0.15, 0.2) is 40.5 Å². The quantitative estimate of drug-likeness (QED) is 0.682. The molecule has 4 nitrogen and oxygen atoms in total. The lowest BCUT2D eigenvalue weighted by Crippen LogP contribution is -2.20. The van der Waals surface area contributed by atoms with E-state index in [-0.39, 0.29) is 16.7 Å². The van der Waals surface area contributed by atoms with Crippen molar-refractivity contribution in [2.24, 2.45) is 0 Å². The summed E-state index contributed by atoms with van der Waals surface area (Å²) in [6.07, 6.45) is 0. The Kier molecular flexibility index (Phi) is 3.54. The summed E-state index contributed by atoms with van der Waals surface area (Å²) in [7, 11) is 1.26. The lowest BCUT2D eigenvalue weighted by Gasteiger charge is -2.09. The molecule has 0 aliphatic carbocycles. The van der Waals surface area contributed by atoms with Gasteiger partial charge in [-0.05, 0) is 30.7 Å². The highest BCUT2D eigenvalue weighted by Gasteiger charge is 2.20. The maximum Gasteiger partial charge on any atom is 0.338 e. The highest BCUT2D eigenvalue weighted by Crippen LogP contribution is 2.25. The van der Waals surface area contributed by atoms with E-state index in [9.17, 15) is 14.0 Å². The first-order chi connectivity index (χ1) is 10.5. The number of carbonyl (C=O) groups excluding carboxylic acids is 1. The minimum atomic E-state index is -0.593. The fraction of sp³-hybridized carbons (Fsp3) is 0.125. The third kappa shape index (κ3) is 2.21. The van der Waals surface area contributed by atoms with Gasteiger partial charge in [0.2, 0.25) is 0 Å². The summed E-state index contributed by atoms with van der Waals surface area (Å²) < 4.78 is 19.4. The Labute approximate surface area is 129 Å². The topological polar surface area (TPSA) is 47.8 Å². The Morgan fingerprint density at radius 1 is 1.27 bits per heavy atom. The molecule has 0 aliphatic heterocycles. The van der Waals surface area contributed by atoms with Crippen LogP contribution in [0.2, 0.25) is 0 Å². The third-order valence-corrected chi connectivity index (χ3v) is 4.42. The van der Waals surface area contributed by atoms with Gasteiger partial charge < -0.3 is 4.74 Å². The third-order valence-electron chi connectivity index (χ3n) is 3.42. The normalized spacial score (nSPS) is 10.9. The monoisotopic (exact) mass is 317 g/mol. The molecule has 0 radical (unpaired) electrons. The first kappa shape index (κ1) is 14.5. The Morgan fingerprint density at radius 2 is 1.95 bits per heavy atom. The van der Waals surface area contributed by atoms with Crippen LogP contribution >= 0.6 is 11.3 Å². The lowest BCUT2D eigenvalue weighted by molar-refractivity contribution is 0.0601. The SMILES string of the molecule is COC(=O)c1cc2scc(C)n2c(=O)c1-c1ccc(F)cc1. The van der Waals surface area contributed by atoms with Gasteiger partial charge in [0.1, 0.15) is 10.6 Å². The molecule has 2 heterocycles. The van der Waals surface area contributed by atoms with Crippen LogP contribution in [-0.2, 0) is 4.74 Å². The molecule has 3 rings (SSSR count). The van der Waals surface area contributed by atoms with E-state index in [1.54, 1.807) is 6.07 Å². The summed E-state index contributed by atoms with van der Waals surface area (Å²) >= 11 is 1.37. The Hall–Kier alpha value is -2.47. The van der Waals surface area contributed by atoms with Crippen molar-refractivity contribution in [2.45, 2.75) is 6.92 Å². The van der Waals surface area contributed by atoms with E-state index in [2.05, 4.69) is 0 Å². The van der Waals surface area contributed by atoms with E-state index >= 15 is 0 Å². The van der Waals surface area contributed by atoms with Crippen molar-refractivity contribution in [1.29, 1.82) is 0 Å². The number of hydrogen-bond donors (Lipinski definition) is 0. The summed E-state index contributed by atoms with van der Waals surface area (Å²) in [6.45, 7) is 1.82. The van der Waals surface area contributed by atoms with Gasteiger partial charge in [-0.2, -0.15) is 0 Å². The number of benzene rings is 1. The molecule has 22 heavy (non-hydrogen) atoms. The minimum Gasteiger partial charge on any atom is -0.465 e. The number of methoxy groups -OCH3 is 1. The van der Waals surface area contributed by atoms with E-state index < -0.39 is 11.8 Å². The molecule has 0 aliphatic rings. The second kappa shape index (κ2) is 5.38. The van der Waals surface area contributed by atoms with Gasteiger partial charge >= 0.3 is 5.97 Å². The summed E-state index contributed by atoms with van der Waals surface area (Å²) in [5.74, 6) is -0.999. The molecule has 0 bridgehead atoms. The van der Waals surface area contributed by atoms with Crippen molar-refractivity contribution in [1.82, 2.24) is 4.40 Å². The van der Waals surface area contributed by atoms with E-state index in [0.717, 1.165) is 5.69 Å². The van der Waals surface area contributed by atoms with Crippen molar-refractivity contribution in [3.05, 3.63) is 63.1 Å². The number of rotatable bonds is 2. The van der Waals surface area contributed by atoms with E-state index in [4.69, 9.17) is 4.74 Å². The van der Waals surface area contributed by atoms with Crippen molar-refractivity contribution in [3.63, 3.8) is 0 Å². The van der Waals surface area contributed by atoms with Gasteiger partial charge in [0.05, 0.1) is 18.2 Å². The number of carbonyl (C=O) groups is 1. The maximum absolute atomic E-state index is 13.1. The number of fused-ring (bicyclic) bond motifs is 1. The number of aryl methyl sites for hydroxylation is 1. The molecule has 0 unspecified atom stereocenters. The van der Waals surface area contributed by atoms with Gasteiger partial charge in [-0.1, -0.05) is 12.1 Å². The number of halogens is 1. The molecule has 1 aromatic carbocycles. The Balaban J connectivity index is 2.41. The van der Waals surface area contributed by atoms with Crippen molar-refractivity contribution >= 4 is 22.1 Å². The standard InChI is InChI=1S/C16H12FNO3S/c1-9-8-22-13-7-12(16(20)21-2)14(15(19)18(9)13)10-3-5-11(17)6-4-10/h3-8H,1-2H3. The maximum atomic E-state index is 13.1. The molecule has 2 aromatic heterocycles. The molecule has 0 fully saturated rings. The van der Waals surface area contributed by atoms with Crippen LogP contribution in [-0.4, -0.2) is 17.5 Å². The zero-order valence-corrected chi connectivity index (χ0v) is 12.7. The van der Waals surface area contributed by atoms with Gasteiger partial charge in [-0.15, -0.1) is 11.3 Å². The van der Waals surface area contributed by atoms with Gasteiger partial charge in [-0.3, -0.25) is 9.20 Å². The van der Waals surface area contributed by atoms with Crippen LogP contribution in [0.3, 0.4) is 0 Å². The van der Waals surface area contributed by atoms with Crippen LogP contribution in [0.5, 0.6) is 0 Å². The van der Waals surface area contributed by atoms with Crippen LogP contribution < -0.4 is 5.56 Å². The van der Waals surface area contributed by atoms with E-state index in [1.807, 2.05) is 12.3 Å². The van der Waals surface area contributed by atoms with Crippen LogP contribution in [0.25, 0.3) is 16.0 Å². The Morgan fingerprint density at radius 3 is 2.59 bits per heavy atom. The van der Waals surface area contributed by atoms with Crippen molar-refractivity contribution in [2.75, 3.05) is 7.11 Å². The molecule has 0 N–H and O–H groups in total. The lowest BCUT2D eigenvalue weighted by atomic mass is 10.0. The van der Waals surface area contributed by atoms with Crippen molar-refractivity contribution < 1.29 is 13.9 Å². The number of pyridine rings is 1. The molecule has 3 aromatic rings. The van der Waals surface area contributed by atoms with Gasteiger partial charge in [0.25, 0.3) is 5.56 Å². The highest BCUT2D eigenvalue weighted by molar-refractivity contribution is 7.15. The smallest absolute Gasteiger partial charge is 0.338 e. The first-order valence-electron chi connectivity index (χ1n) is 6.51. The number of thiazole rings is 1. The molecule has 0 amide bonds. The number of esters is 1. The molecular weight excluding hydrogens is 305 g/mol. The average molecular weight is 317 g/mol. The second-order valence-electron chi connectivity index (χ2n) is 4.79. The van der Waals surface area contributed by atoms with Crippen LogP contribution in [0, 0.1) is 12.7 Å². The zero-order chi connectivity index (χ0) is 15.9. The molecule has 0 saturated carbocycles. The van der Waals surface area contributed by atoms with Crippen LogP contribution in [0.4, 0.5) is 4.39 Å². The average Bonchev–Trinajstić information content (AvgIpc) is 2.89. The number of nitrogens with zero attached hydrogens (tertiary/aromatic N) is 1. The molecule has 6 heteroatoms. The largest absolute Gasteiger partial charge is 0.465 e. The van der Waals surface area contributed by atoms with E-state index in [1.165, 1.54) is 47.1 Å².